The molecule has 2 aliphatic heterocycles. The molecular weight excluding hydrogens is 332 g/mol. The van der Waals surface area contributed by atoms with Gasteiger partial charge in [-0.25, -0.2) is 4.98 Å². The molecule has 0 aliphatic carbocycles. The van der Waals surface area contributed by atoms with Gasteiger partial charge in [-0.3, -0.25) is 9.59 Å². The maximum Gasteiger partial charge on any atom is 0.288 e. The fourth-order valence-corrected chi connectivity index (χ4v) is 3.57. The van der Waals surface area contributed by atoms with Crippen molar-refractivity contribution in [1.29, 1.82) is 0 Å². The molecule has 136 valence electrons. The smallest absolute Gasteiger partial charge is 0.288 e. The van der Waals surface area contributed by atoms with Gasteiger partial charge in [0.15, 0.2) is 5.82 Å². The lowest BCUT2D eigenvalue weighted by Crippen LogP contribution is -2.50. The van der Waals surface area contributed by atoms with Crippen LogP contribution in [0.15, 0.2) is 30.5 Å². The second kappa shape index (κ2) is 6.48. The Kier molecular flexibility index (Phi) is 4.14. The Bertz CT molecular complexity index is 860. The van der Waals surface area contributed by atoms with Gasteiger partial charge < -0.3 is 19.5 Å². The van der Waals surface area contributed by atoms with Gasteiger partial charge in [0.2, 0.25) is 0 Å². The predicted molar refractivity (Wildman–Crippen MR) is 96.3 cm³/mol. The number of anilines is 1. The Morgan fingerprint density at radius 2 is 2.15 bits per heavy atom. The zero-order valence-corrected chi connectivity index (χ0v) is 14.9. The SMILES string of the molecule is CC1CCc2cnc(C(=O)N[C@H]3COc4ccccc4N(C)C3=O)n2C1. The van der Waals surface area contributed by atoms with E-state index in [0.717, 1.165) is 25.1 Å². The normalized spacial score (nSPS) is 22.1. The summed E-state index contributed by atoms with van der Waals surface area (Å²) in [6.07, 6.45) is 3.78. The maximum absolute atomic E-state index is 12.8. The number of benzene rings is 1. The van der Waals surface area contributed by atoms with Gasteiger partial charge in [0, 0.05) is 25.5 Å². The van der Waals surface area contributed by atoms with Crippen LogP contribution in [0, 0.1) is 5.92 Å². The predicted octanol–water partition coefficient (Wildman–Crippen LogP) is 1.62. The molecule has 1 aromatic heterocycles. The number of rotatable bonds is 2. The first-order valence-corrected chi connectivity index (χ1v) is 8.89. The highest BCUT2D eigenvalue weighted by Crippen LogP contribution is 2.30. The number of imidazole rings is 1. The Hall–Kier alpha value is -2.83. The van der Waals surface area contributed by atoms with Crippen LogP contribution < -0.4 is 15.0 Å². The van der Waals surface area contributed by atoms with E-state index in [2.05, 4.69) is 17.2 Å². The molecule has 4 rings (SSSR count). The molecule has 3 heterocycles. The fourth-order valence-electron chi connectivity index (χ4n) is 3.57. The van der Waals surface area contributed by atoms with Crippen LogP contribution in [-0.2, 0) is 17.8 Å². The number of carbonyl (C=O) groups is 2. The number of nitrogens with one attached hydrogen (secondary N) is 1. The van der Waals surface area contributed by atoms with E-state index in [-0.39, 0.29) is 18.4 Å². The number of carbonyl (C=O) groups excluding carboxylic acids is 2. The zero-order chi connectivity index (χ0) is 18.3. The number of aromatic nitrogens is 2. The number of aryl methyl sites for hydroxylation is 1. The minimum Gasteiger partial charge on any atom is -0.489 e. The van der Waals surface area contributed by atoms with Gasteiger partial charge in [-0.05, 0) is 30.9 Å². The Morgan fingerprint density at radius 1 is 1.35 bits per heavy atom. The molecule has 0 saturated carbocycles. The third kappa shape index (κ3) is 2.83. The minimum atomic E-state index is -0.756. The van der Waals surface area contributed by atoms with Gasteiger partial charge in [-0.2, -0.15) is 0 Å². The fraction of sp³-hybridized carbons (Fsp3) is 0.421. The lowest BCUT2D eigenvalue weighted by atomic mass is 10.0. The van der Waals surface area contributed by atoms with E-state index in [1.807, 2.05) is 28.8 Å². The molecule has 7 nitrogen and oxygen atoms in total. The maximum atomic E-state index is 12.8. The molecule has 26 heavy (non-hydrogen) atoms. The molecule has 0 fully saturated rings. The van der Waals surface area contributed by atoms with Crippen LogP contribution in [-0.4, -0.2) is 41.1 Å². The number of para-hydroxylation sites is 2. The highest BCUT2D eigenvalue weighted by atomic mass is 16.5. The second-order valence-corrected chi connectivity index (χ2v) is 7.03. The molecule has 1 aromatic carbocycles. The second-order valence-electron chi connectivity index (χ2n) is 7.03. The average Bonchev–Trinajstić information content (AvgIpc) is 3.02. The molecule has 2 aromatic rings. The monoisotopic (exact) mass is 354 g/mol. The van der Waals surface area contributed by atoms with Crippen molar-refractivity contribution in [2.24, 2.45) is 5.92 Å². The summed E-state index contributed by atoms with van der Waals surface area (Å²) in [5, 5.41) is 2.80. The number of ether oxygens (including phenoxy) is 1. The highest BCUT2D eigenvalue weighted by Gasteiger charge is 2.32. The van der Waals surface area contributed by atoms with Crippen molar-refractivity contribution >= 4 is 17.5 Å². The molecule has 0 bridgehead atoms. The van der Waals surface area contributed by atoms with Crippen molar-refractivity contribution < 1.29 is 14.3 Å². The molecule has 7 heteroatoms. The molecule has 0 saturated heterocycles. The lowest BCUT2D eigenvalue weighted by Gasteiger charge is -2.23. The van der Waals surface area contributed by atoms with Crippen LogP contribution >= 0.6 is 0 Å². The Morgan fingerprint density at radius 3 is 3.00 bits per heavy atom. The van der Waals surface area contributed by atoms with Crippen molar-refractivity contribution in [2.75, 3.05) is 18.6 Å². The van der Waals surface area contributed by atoms with Crippen LogP contribution in [0.4, 0.5) is 5.69 Å². The number of hydrogen-bond donors (Lipinski definition) is 1. The third-order valence-electron chi connectivity index (χ3n) is 5.09. The minimum absolute atomic E-state index is 0.0931. The summed E-state index contributed by atoms with van der Waals surface area (Å²) in [6.45, 7) is 3.04. The molecule has 0 spiro atoms. The van der Waals surface area contributed by atoms with E-state index in [0.29, 0.717) is 23.2 Å². The Balaban J connectivity index is 1.54. The number of nitrogens with zero attached hydrogens (tertiary/aromatic N) is 3. The standard InChI is InChI=1S/C19H22N4O3/c1-12-7-8-13-9-20-17(23(13)10-12)18(24)21-14-11-26-16-6-4-3-5-15(16)22(2)19(14)25/h3-6,9,12,14H,7-8,10-11H2,1-2H3,(H,21,24)/t12?,14-/m0/s1. The molecule has 1 N–H and O–H groups in total. The van der Waals surface area contributed by atoms with Crippen LogP contribution in [0.2, 0.25) is 0 Å². The van der Waals surface area contributed by atoms with Crippen LogP contribution in [0.3, 0.4) is 0 Å². The van der Waals surface area contributed by atoms with E-state index in [1.54, 1.807) is 13.2 Å². The Labute approximate surface area is 152 Å². The molecule has 1 unspecified atom stereocenters. The summed E-state index contributed by atoms with van der Waals surface area (Å²) in [5.74, 6) is 0.955. The van der Waals surface area contributed by atoms with Crippen molar-refractivity contribution in [1.82, 2.24) is 14.9 Å². The van der Waals surface area contributed by atoms with Gasteiger partial charge in [0.1, 0.15) is 18.4 Å². The average molecular weight is 354 g/mol. The zero-order valence-electron chi connectivity index (χ0n) is 14.9. The lowest BCUT2D eigenvalue weighted by molar-refractivity contribution is -0.120. The summed E-state index contributed by atoms with van der Waals surface area (Å²) >= 11 is 0. The topological polar surface area (TPSA) is 76.5 Å². The first-order valence-electron chi connectivity index (χ1n) is 8.89. The van der Waals surface area contributed by atoms with Gasteiger partial charge in [0.05, 0.1) is 5.69 Å². The van der Waals surface area contributed by atoms with E-state index in [1.165, 1.54) is 4.90 Å². The molecule has 0 radical (unpaired) electrons. The number of fused-ring (bicyclic) bond motifs is 2. The molecular formula is C19H22N4O3. The van der Waals surface area contributed by atoms with Crippen molar-refractivity contribution in [3.63, 3.8) is 0 Å². The third-order valence-corrected chi connectivity index (χ3v) is 5.09. The summed E-state index contributed by atoms with van der Waals surface area (Å²) < 4.78 is 7.71. The van der Waals surface area contributed by atoms with Crippen molar-refractivity contribution in [3.8, 4) is 5.75 Å². The van der Waals surface area contributed by atoms with Gasteiger partial charge in [0.25, 0.3) is 11.8 Å². The van der Waals surface area contributed by atoms with Gasteiger partial charge in [-0.15, -0.1) is 0 Å². The van der Waals surface area contributed by atoms with Crippen LogP contribution in [0.25, 0.3) is 0 Å². The first-order chi connectivity index (χ1) is 12.5. The van der Waals surface area contributed by atoms with E-state index in [4.69, 9.17) is 4.74 Å². The largest absolute Gasteiger partial charge is 0.489 e. The van der Waals surface area contributed by atoms with E-state index < -0.39 is 6.04 Å². The van der Waals surface area contributed by atoms with Crippen molar-refractivity contribution in [2.45, 2.75) is 32.4 Å². The highest BCUT2D eigenvalue weighted by molar-refractivity contribution is 6.02. The summed E-state index contributed by atoms with van der Waals surface area (Å²) in [4.78, 5) is 31.3. The van der Waals surface area contributed by atoms with Crippen LogP contribution in [0.5, 0.6) is 5.75 Å². The molecule has 2 aliphatic rings. The van der Waals surface area contributed by atoms with Gasteiger partial charge in [-0.1, -0.05) is 19.1 Å². The first kappa shape index (κ1) is 16.6. The number of hydrogen-bond acceptors (Lipinski definition) is 4. The number of amides is 2. The summed E-state index contributed by atoms with van der Waals surface area (Å²) in [5.41, 5.74) is 1.77. The summed E-state index contributed by atoms with van der Waals surface area (Å²) in [7, 11) is 1.69. The quantitative estimate of drug-likeness (QED) is 0.889. The number of likely N-dealkylation sites (N-methyl/N-ethyl adjacent to an activating group) is 1. The van der Waals surface area contributed by atoms with Crippen molar-refractivity contribution in [3.05, 3.63) is 42.0 Å². The van der Waals surface area contributed by atoms with E-state index >= 15 is 0 Å². The molecule has 2 amide bonds. The summed E-state index contributed by atoms with van der Waals surface area (Å²) in [6, 6.07) is 6.59. The van der Waals surface area contributed by atoms with Gasteiger partial charge >= 0.3 is 0 Å². The van der Waals surface area contributed by atoms with E-state index in [9.17, 15) is 9.59 Å². The van der Waals surface area contributed by atoms with Crippen LogP contribution in [0.1, 0.15) is 29.7 Å². The molecule has 2 atom stereocenters.